The Hall–Kier alpha value is -2.82. The van der Waals surface area contributed by atoms with Crippen molar-refractivity contribution in [3.8, 4) is 5.75 Å². The largest absolute Gasteiger partial charge is 0.508 e. The maximum atomic E-state index is 12.1. The number of carboxylic acid groups (broad SMARTS) is 1. The van der Waals surface area contributed by atoms with Crippen molar-refractivity contribution in [2.24, 2.45) is 0 Å². The molecule has 0 radical (unpaired) electrons. The average molecular weight is 285 g/mol. The Labute approximate surface area is 121 Å². The molecule has 2 aromatic carbocycles. The molecule has 5 heteroatoms. The number of anilines is 1. The molecule has 0 saturated carbocycles. The smallest absolute Gasteiger partial charge is 0.336 e. The predicted molar refractivity (Wildman–Crippen MR) is 78.9 cm³/mol. The maximum absolute atomic E-state index is 12.1. The Kier molecular flexibility index (Phi) is 3.93. The van der Waals surface area contributed by atoms with E-state index in [1.807, 2.05) is 0 Å². The summed E-state index contributed by atoms with van der Waals surface area (Å²) in [5.41, 5.74) is 2.13. The highest BCUT2D eigenvalue weighted by Gasteiger charge is 2.11. The highest BCUT2D eigenvalue weighted by atomic mass is 16.4. The van der Waals surface area contributed by atoms with Crippen molar-refractivity contribution in [2.45, 2.75) is 13.8 Å². The van der Waals surface area contributed by atoms with Gasteiger partial charge < -0.3 is 15.5 Å². The molecule has 21 heavy (non-hydrogen) atoms. The fourth-order valence-electron chi connectivity index (χ4n) is 1.88. The molecule has 0 aliphatic heterocycles. The van der Waals surface area contributed by atoms with Crippen LogP contribution in [0.2, 0.25) is 0 Å². The van der Waals surface area contributed by atoms with Gasteiger partial charge >= 0.3 is 5.97 Å². The monoisotopic (exact) mass is 285 g/mol. The first kappa shape index (κ1) is 14.6. The van der Waals surface area contributed by atoms with E-state index in [1.54, 1.807) is 38.1 Å². The number of phenols is 1. The topological polar surface area (TPSA) is 86.6 Å². The van der Waals surface area contributed by atoms with Crippen LogP contribution in [0.5, 0.6) is 5.75 Å². The molecule has 0 unspecified atom stereocenters. The van der Waals surface area contributed by atoms with E-state index >= 15 is 0 Å². The first-order valence-corrected chi connectivity index (χ1v) is 6.33. The van der Waals surface area contributed by atoms with E-state index in [9.17, 15) is 14.7 Å². The minimum atomic E-state index is -1.04. The van der Waals surface area contributed by atoms with Gasteiger partial charge in [0.15, 0.2) is 0 Å². The van der Waals surface area contributed by atoms with Gasteiger partial charge in [0.2, 0.25) is 0 Å². The molecule has 5 nitrogen and oxygen atoms in total. The molecule has 0 fully saturated rings. The predicted octanol–water partition coefficient (Wildman–Crippen LogP) is 2.96. The lowest BCUT2D eigenvalue weighted by atomic mass is 10.1. The van der Waals surface area contributed by atoms with Crippen molar-refractivity contribution >= 4 is 17.6 Å². The third-order valence-electron chi connectivity index (χ3n) is 3.20. The van der Waals surface area contributed by atoms with Gasteiger partial charge in [0.1, 0.15) is 5.75 Å². The summed E-state index contributed by atoms with van der Waals surface area (Å²) >= 11 is 0. The first-order chi connectivity index (χ1) is 9.88. The quantitative estimate of drug-likeness (QED) is 0.809. The fraction of sp³-hybridized carbons (Fsp3) is 0.125. The van der Waals surface area contributed by atoms with Crippen molar-refractivity contribution in [3.63, 3.8) is 0 Å². The highest BCUT2D eigenvalue weighted by Crippen LogP contribution is 2.20. The Bertz CT molecular complexity index is 722. The lowest BCUT2D eigenvalue weighted by Crippen LogP contribution is -2.12. The highest BCUT2D eigenvalue weighted by molar-refractivity contribution is 6.05. The number of carbonyl (C=O) groups is 2. The molecule has 0 bridgehead atoms. The standard InChI is InChI=1S/C16H15NO4/c1-9-4-6-12(8-13(9)16(20)21)17-15(19)11-5-3-10(2)14(18)7-11/h3-8,18H,1-2H3,(H,17,19)(H,20,21). The first-order valence-electron chi connectivity index (χ1n) is 6.33. The van der Waals surface area contributed by atoms with Gasteiger partial charge in [0, 0.05) is 11.3 Å². The number of aromatic hydroxyl groups is 1. The lowest BCUT2D eigenvalue weighted by Gasteiger charge is -2.08. The van der Waals surface area contributed by atoms with Crippen molar-refractivity contribution in [1.29, 1.82) is 0 Å². The third kappa shape index (κ3) is 3.20. The van der Waals surface area contributed by atoms with Crippen LogP contribution >= 0.6 is 0 Å². The molecule has 0 atom stereocenters. The Morgan fingerprint density at radius 2 is 1.67 bits per heavy atom. The summed E-state index contributed by atoms with van der Waals surface area (Å²) in [5, 5.41) is 21.3. The zero-order valence-corrected chi connectivity index (χ0v) is 11.7. The van der Waals surface area contributed by atoms with Crippen LogP contribution in [0.4, 0.5) is 5.69 Å². The Balaban J connectivity index is 2.25. The molecule has 2 rings (SSSR count). The van der Waals surface area contributed by atoms with Crippen LogP contribution < -0.4 is 5.32 Å². The van der Waals surface area contributed by atoms with Gasteiger partial charge in [-0.05, 0) is 49.2 Å². The summed E-state index contributed by atoms with van der Waals surface area (Å²) in [4.78, 5) is 23.1. The van der Waals surface area contributed by atoms with Gasteiger partial charge in [-0.2, -0.15) is 0 Å². The van der Waals surface area contributed by atoms with Crippen LogP contribution in [0.15, 0.2) is 36.4 Å². The molecule has 0 aliphatic carbocycles. The molecule has 0 aromatic heterocycles. The van der Waals surface area contributed by atoms with Crippen LogP contribution in [-0.4, -0.2) is 22.1 Å². The van der Waals surface area contributed by atoms with Gasteiger partial charge in [-0.3, -0.25) is 4.79 Å². The summed E-state index contributed by atoms with van der Waals surface area (Å²) in [6.07, 6.45) is 0. The molecule has 3 N–H and O–H groups in total. The van der Waals surface area contributed by atoms with Gasteiger partial charge in [-0.15, -0.1) is 0 Å². The van der Waals surface area contributed by atoms with Crippen LogP contribution in [0.25, 0.3) is 0 Å². The molecule has 1 amide bonds. The number of phenolic OH excluding ortho intramolecular Hbond substituents is 1. The van der Waals surface area contributed by atoms with E-state index in [2.05, 4.69) is 5.32 Å². The van der Waals surface area contributed by atoms with E-state index in [1.165, 1.54) is 12.1 Å². The molecule has 0 heterocycles. The molecule has 108 valence electrons. The van der Waals surface area contributed by atoms with Crippen LogP contribution in [0.3, 0.4) is 0 Å². The normalized spacial score (nSPS) is 10.2. The van der Waals surface area contributed by atoms with Crippen molar-refractivity contribution in [1.82, 2.24) is 0 Å². The summed E-state index contributed by atoms with van der Waals surface area (Å²) in [6, 6.07) is 9.28. The summed E-state index contributed by atoms with van der Waals surface area (Å²) in [5.74, 6) is -1.42. The maximum Gasteiger partial charge on any atom is 0.336 e. The number of hydrogen-bond acceptors (Lipinski definition) is 3. The number of carbonyl (C=O) groups excluding carboxylic acids is 1. The number of rotatable bonds is 3. The van der Waals surface area contributed by atoms with Crippen molar-refractivity contribution in [2.75, 3.05) is 5.32 Å². The van der Waals surface area contributed by atoms with Gasteiger partial charge in [0.05, 0.1) is 5.56 Å². The summed E-state index contributed by atoms with van der Waals surface area (Å²) in [7, 11) is 0. The average Bonchev–Trinajstić information content (AvgIpc) is 2.43. The second-order valence-electron chi connectivity index (χ2n) is 4.79. The number of benzene rings is 2. The lowest BCUT2D eigenvalue weighted by molar-refractivity contribution is 0.0695. The van der Waals surface area contributed by atoms with E-state index in [0.717, 1.165) is 0 Å². The number of aryl methyl sites for hydroxylation is 2. The fourth-order valence-corrected chi connectivity index (χ4v) is 1.88. The molecular weight excluding hydrogens is 270 g/mol. The third-order valence-corrected chi connectivity index (χ3v) is 3.20. The molecular formula is C16H15NO4. The Morgan fingerprint density at radius 1 is 1.00 bits per heavy atom. The SMILES string of the molecule is Cc1ccc(C(=O)Nc2ccc(C)c(C(=O)O)c2)cc1O. The van der Waals surface area contributed by atoms with Crippen LogP contribution in [-0.2, 0) is 0 Å². The van der Waals surface area contributed by atoms with E-state index < -0.39 is 11.9 Å². The number of amides is 1. The van der Waals surface area contributed by atoms with E-state index in [-0.39, 0.29) is 11.3 Å². The Morgan fingerprint density at radius 3 is 2.29 bits per heavy atom. The zero-order chi connectivity index (χ0) is 15.6. The van der Waals surface area contributed by atoms with Gasteiger partial charge in [-0.25, -0.2) is 4.79 Å². The molecule has 2 aromatic rings. The number of aromatic carboxylic acids is 1. The molecule has 0 saturated heterocycles. The van der Waals surface area contributed by atoms with Crippen LogP contribution in [0.1, 0.15) is 31.8 Å². The molecule has 0 aliphatic rings. The van der Waals surface area contributed by atoms with E-state index in [0.29, 0.717) is 22.4 Å². The number of nitrogens with one attached hydrogen (secondary N) is 1. The van der Waals surface area contributed by atoms with Gasteiger partial charge in [0.25, 0.3) is 5.91 Å². The zero-order valence-electron chi connectivity index (χ0n) is 11.7. The number of hydrogen-bond donors (Lipinski definition) is 3. The minimum absolute atomic E-state index is 0.0396. The second-order valence-corrected chi connectivity index (χ2v) is 4.79. The van der Waals surface area contributed by atoms with Crippen molar-refractivity contribution in [3.05, 3.63) is 58.7 Å². The summed E-state index contributed by atoms with van der Waals surface area (Å²) < 4.78 is 0. The summed E-state index contributed by atoms with van der Waals surface area (Å²) in [6.45, 7) is 3.42. The van der Waals surface area contributed by atoms with E-state index in [4.69, 9.17) is 5.11 Å². The van der Waals surface area contributed by atoms with Gasteiger partial charge in [-0.1, -0.05) is 12.1 Å². The van der Waals surface area contributed by atoms with Crippen LogP contribution in [0, 0.1) is 13.8 Å². The number of carboxylic acids is 1. The van der Waals surface area contributed by atoms with Crippen molar-refractivity contribution < 1.29 is 19.8 Å². The minimum Gasteiger partial charge on any atom is -0.508 e. The molecule has 0 spiro atoms. The second kappa shape index (κ2) is 5.66.